The summed E-state index contributed by atoms with van der Waals surface area (Å²) in [7, 11) is -0.557. The molecule has 1 amide bonds. The topological polar surface area (TPSA) is 85.4 Å². The molecule has 2 saturated heterocycles. The van der Waals surface area contributed by atoms with E-state index in [1.54, 1.807) is 18.1 Å². The number of methoxy groups -OCH3 is 2. The molecule has 184 valence electrons. The smallest absolute Gasteiger partial charge is 0.257 e. The number of sulfonamides is 1. The molecule has 2 heterocycles. The van der Waals surface area contributed by atoms with Crippen LogP contribution in [0.15, 0.2) is 47.4 Å². The van der Waals surface area contributed by atoms with Crippen molar-refractivity contribution in [3.05, 3.63) is 53.6 Å². The first-order valence-electron chi connectivity index (χ1n) is 11.6. The molecule has 0 radical (unpaired) electrons. The zero-order valence-corrected chi connectivity index (χ0v) is 20.6. The lowest BCUT2D eigenvalue weighted by molar-refractivity contribution is 0.0686. The summed E-state index contributed by atoms with van der Waals surface area (Å²) in [5.74, 6) is 1.52. The number of hydrogen-bond donors (Lipinski definition) is 0. The molecule has 0 spiro atoms. The van der Waals surface area contributed by atoms with E-state index in [0.29, 0.717) is 51.1 Å². The van der Waals surface area contributed by atoms with Crippen LogP contribution < -0.4 is 9.47 Å². The molecule has 0 bridgehead atoms. The van der Waals surface area contributed by atoms with Gasteiger partial charge in [-0.1, -0.05) is 12.1 Å². The maximum Gasteiger partial charge on any atom is 0.257 e. The zero-order chi connectivity index (χ0) is 24.1. The number of piperidine rings is 1. The van der Waals surface area contributed by atoms with Crippen LogP contribution in [-0.4, -0.2) is 77.1 Å². The average Bonchev–Trinajstić information content (AvgIpc) is 2.89. The van der Waals surface area contributed by atoms with Crippen molar-refractivity contribution in [2.45, 2.75) is 24.2 Å². The number of morpholine rings is 1. The van der Waals surface area contributed by atoms with Gasteiger partial charge in [0.25, 0.3) is 5.91 Å². The predicted molar refractivity (Wildman–Crippen MR) is 128 cm³/mol. The lowest BCUT2D eigenvalue weighted by atomic mass is 9.90. The molecule has 2 aliphatic rings. The molecule has 0 aromatic heterocycles. The standard InChI is InChI=1S/C25H32N2O6S/c1-31-21-5-3-19(4-6-21)17-20-9-11-26(12-10-20)25(28)23-18-22(7-8-24(23)32-2)34(29,30)27-13-15-33-16-14-27/h3-8,18,20H,9-17H2,1-2H3. The second-order valence-corrected chi connectivity index (χ2v) is 10.6. The van der Waals surface area contributed by atoms with Crippen LogP contribution in [0.5, 0.6) is 11.5 Å². The van der Waals surface area contributed by atoms with Crippen molar-refractivity contribution in [1.29, 1.82) is 0 Å². The molecule has 2 fully saturated rings. The Kier molecular flexibility index (Phi) is 7.75. The van der Waals surface area contributed by atoms with Crippen LogP contribution in [0.2, 0.25) is 0 Å². The molecule has 0 atom stereocenters. The number of rotatable bonds is 7. The fourth-order valence-electron chi connectivity index (χ4n) is 4.56. The van der Waals surface area contributed by atoms with E-state index >= 15 is 0 Å². The zero-order valence-electron chi connectivity index (χ0n) is 19.7. The minimum atomic E-state index is -3.70. The van der Waals surface area contributed by atoms with Crippen LogP contribution in [0.4, 0.5) is 0 Å². The van der Waals surface area contributed by atoms with Gasteiger partial charge in [0.05, 0.1) is 37.9 Å². The second-order valence-electron chi connectivity index (χ2n) is 8.67. The number of benzene rings is 2. The second kappa shape index (κ2) is 10.8. The summed E-state index contributed by atoms with van der Waals surface area (Å²) >= 11 is 0. The first-order chi connectivity index (χ1) is 16.4. The van der Waals surface area contributed by atoms with Gasteiger partial charge in [-0.15, -0.1) is 0 Å². The molecule has 0 aliphatic carbocycles. The number of likely N-dealkylation sites (tertiary alicyclic amines) is 1. The highest BCUT2D eigenvalue weighted by molar-refractivity contribution is 7.89. The number of carbonyl (C=O) groups is 1. The van der Waals surface area contributed by atoms with Crippen LogP contribution in [-0.2, 0) is 21.2 Å². The molecule has 0 unspecified atom stereocenters. The monoisotopic (exact) mass is 488 g/mol. The summed E-state index contributed by atoms with van der Waals surface area (Å²) in [5.41, 5.74) is 1.54. The van der Waals surface area contributed by atoms with Gasteiger partial charge in [-0.3, -0.25) is 4.79 Å². The fraction of sp³-hybridized carbons (Fsp3) is 0.480. The molecule has 34 heavy (non-hydrogen) atoms. The van der Waals surface area contributed by atoms with E-state index in [4.69, 9.17) is 14.2 Å². The largest absolute Gasteiger partial charge is 0.497 e. The Balaban J connectivity index is 1.44. The molecule has 0 saturated carbocycles. The van der Waals surface area contributed by atoms with Crippen molar-refractivity contribution in [2.24, 2.45) is 5.92 Å². The van der Waals surface area contributed by atoms with Crippen molar-refractivity contribution in [3.8, 4) is 11.5 Å². The first kappa shape index (κ1) is 24.5. The molecule has 2 aromatic carbocycles. The van der Waals surface area contributed by atoms with Crippen molar-refractivity contribution < 1.29 is 27.4 Å². The van der Waals surface area contributed by atoms with Crippen molar-refractivity contribution >= 4 is 15.9 Å². The van der Waals surface area contributed by atoms with Gasteiger partial charge in [0.15, 0.2) is 0 Å². The highest BCUT2D eigenvalue weighted by Gasteiger charge is 2.30. The summed E-state index contributed by atoms with van der Waals surface area (Å²) in [6.07, 6.45) is 2.75. The van der Waals surface area contributed by atoms with Gasteiger partial charge < -0.3 is 19.1 Å². The van der Waals surface area contributed by atoms with Crippen LogP contribution in [0.3, 0.4) is 0 Å². The Morgan fingerprint density at radius 3 is 2.26 bits per heavy atom. The van der Waals surface area contributed by atoms with E-state index in [1.165, 1.54) is 29.1 Å². The number of amides is 1. The summed E-state index contributed by atoms with van der Waals surface area (Å²) < 4.78 is 43.5. The van der Waals surface area contributed by atoms with Gasteiger partial charge in [0, 0.05) is 26.2 Å². The lowest BCUT2D eigenvalue weighted by Gasteiger charge is -2.32. The lowest BCUT2D eigenvalue weighted by Crippen LogP contribution is -2.41. The maximum atomic E-state index is 13.4. The average molecular weight is 489 g/mol. The minimum absolute atomic E-state index is 0.105. The molecule has 2 aliphatic heterocycles. The molecule has 9 heteroatoms. The molecule has 4 rings (SSSR count). The molecular formula is C25H32N2O6S. The quantitative estimate of drug-likeness (QED) is 0.596. The van der Waals surface area contributed by atoms with Crippen LogP contribution in [0.25, 0.3) is 0 Å². The third-order valence-electron chi connectivity index (χ3n) is 6.59. The van der Waals surface area contributed by atoms with Crippen molar-refractivity contribution in [3.63, 3.8) is 0 Å². The van der Waals surface area contributed by atoms with Crippen LogP contribution >= 0.6 is 0 Å². The Morgan fingerprint density at radius 2 is 1.65 bits per heavy atom. The van der Waals surface area contributed by atoms with E-state index in [9.17, 15) is 13.2 Å². The van der Waals surface area contributed by atoms with Crippen LogP contribution in [0, 0.1) is 5.92 Å². The van der Waals surface area contributed by atoms with Gasteiger partial charge in [-0.25, -0.2) is 8.42 Å². The Morgan fingerprint density at radius 1 is 0.971 bits per heavy atom. The summed E-state index contributed by atoms with van der Waals surface area (Å²) in [5, 5.41) is 0. The third-order valence-corrected chi connectivity index (χ3v) is 8.49. The third kappa shape index (κ3) is 5.37. The SMILES string of the molecule is COc1ccc(CC2CCN(C(=O)c3cc(S(=O)(=O)N4CCOCC4)ccc3OC)CC2)cc1. The number of hydrogen-bond acceptors (Lipinski definition) is 6. The number of ether oxygens (including phenoxy) is 3. The van der Waals surface area contributed by atoms with Crippen LogP contribution in [0.1, 0.15) is 28.8 Å². The Hall–Kier alpha value is -2.62. The Labute approximate surface area is 201 Å². The van der Waals surface area contributed by atoms with Crippen molar-refractivity contribution in [2.75, 3.05) is 53.6 Å². The van der Waals surface area contributed by atoms with Gasteiger partial charge in [-0.2, -0.15) is 4.31 Å². The van der Waals surface area contributed by atoms with E-state index in [0.717, 1.165) is 25.0 Å². The van der Waals surface area contributed by atoms with Gasteiger partial charge in [0.2, 0.25) is 10.0 Å². The van der Waals surface area contributed by atoms with E-state index in [1.807, 2.05) is 12.1 Å². The maximum absolute atomic E-state index is 13.4. The minimum Gasteiger partial charge on any atom is -0.497 e. The van der Waals surface area contributed by atoms with E-state index in [2.05, 4.69) is 12.1 Å². The highest BCUT2D eigenvalue weighted by Crippen LogP contribution is 2.29. The van der Waals surface area contributed by atoms with Gasteiger partial charge in [0.1, 0.15) is 11.5 Å². The fourth-order valence-corrected chi connectivity index (χ4v) is 5.99. The first-order valence-corrected chi connectivity index (χ1v) is 13.0. The van der Waals surface area contributed by atoms with Gasteiger partial charge in [-0.05, 0) is 61.1 Å². The highest BCUT2D eigenvalue weighted by atomic mass is 32.2. The predicted octanol–water partition coefficient (Wildman–Crippen LogP) is 2.82. The number of carbonyl (C=O) groups excluding carboxylic acids is 1. The summed E-state index contributed by atoms with van der Waals surface area (Å²) in [6, 6.07) is 12.6. The summed E-state index contributed by atoms with van der Waals surface area (Å²) in [4.78, 5) is 15.3. The molecule has 0 N–H and O–H groups in total. The molecule has 2 aromatic rings. The van der Waals surface area contributed by atoms with E-state index in [-0.39, 0.29) is 16.4 Å². The van der Waals surface area contributed by atoms with Gasteiger partial charge >= 0.3 is 0 Å². The Bertz CT molecular complexity index is 1090. The molecule has 8 nitrogen and oxygen atoms in total. The normalized spacial score (nSPS) is 18.0. The van der Waals surface area contributed by atoms with E-state index < -0.39 is 10.0 Å². The summed E-state index contributed by atoms with van der Waals surface area (Å²) in [6.45, 7) is 2.60. The molecular weight excluding hydrogens is 456 g/mol. The number of nitrogens with zero attached hydrogens (tertiary/aromatic N) is 2. The van der Waals surface area contributed by atoms with Crippen molar-refractivity contribution in [1.82, 2.24) is 9.21 Å².